The average Bonchev–Trinajstić information content (AvgIpc) is 3.54. The molecule has 48 heavy (non-hydrogen) atoms. The molecule has 0 aliphatic heterocycles. The Hall–Kier alpha value is -6.32. The maximum atomic E-state index is 6.59. The predicted molar refractivity (Wildman–Crippen MR) is 203 cm³/mol. The van der Waals surface area contributed by atoms with Crippen LogP contribution in [0.25, 0.3) is 60.7 Å². The Morgan fingerprint density at radius 2 is 1.17 bits per heavy atom. The van der Waals surface area contributed by atoms with Gasteiger partial charge in [-0.2, -0.15) is 0 Å². The van der Waals surface area contributed by atoms with E-state index in [1.165, 1.54) is 16.3 Å². The Balaban J connectivity index is 1.31. The Bertz CT molecular complexity index is 2500. The van der Waals surface area contributed by atoms with Crippen molar-refractivity contribution in [1.82, 2.24) is 0 Å². The lowest BCUT2D eigenvalue weighted by Crippen LogP contribution is -2.05. The lowest BCUT2D eigenvalue weighted by Gasteiger charge is -2.11. The van der Waals surface area contributed by atoms with Gasteiger partial charge in [-0.1, -0.05) is 146 Å². The summed E-state index contributed by atoms with van der Waals surface area (Å²) in [6.07, 6.45) is 0. The third kappa shape index (κ3) is 5.52. The first-order valence-corrected chi connectivity index (χ1v) is 16.1. The van der Waals surface area contributed by atoms with E-state index >= 15 is 0 Å². The van der Waals surface area contributed by atoms with Crippen LogP contribution < -0.4 is 0 Å². The predicted octanol–water partition coefficient (Wildman–Crippen LogP) is 12.0. The summed E-state index contributed by atoms with van der Waals surface area (Å²) in [5.41, 5.74) is 10.4. The van der Waals surface area contributed by atoms with Gasteiger partial charge in [0.2, 0.25) is 0 Å². The molecule has 0 N–H and O–H groups in total. The molecule has 0 aliphatic carbocycles. The van der Waals surface area contributed by atoms with E-state index in [2.05, 4.69) is 140 Å². The van der Waals surface area contributed by atoms with Gasteiger partial charge in [0.05, 0.1) is 5.70 Å². The van der Waals surface area contributed by atoms with Crippen LogP contribution in [0.1, 0.15) is 23.6 Å². The molecule has 3 heteroatoms. The van der Waals surface area contributed by atoms with Crippen LogP contribution in [0.5, 0.6) is 0 Å². The minimum absolute atomic E-state index is 0.578. The molecular formula is C45H32N2O. The number of amidine groups is 1. The zero-order valence-corrected chi connectivity index (χ0v) is 26.6. The van der Waals surface area contributed by atoms with Gasteiger partial charge in [-0.3, -0.25) is 0 Å². The molecule has 3 nitrogen and oxygen atoms in total. The fraction of sp³-hybridized carbons (Fsp3) is 0.0222. The van der Waals surface area contributed by atoms with E-state index < -0.39 is 0 Å². The molecule has 0 bridgehead atoms. The van der Waals surface area contributed by atoms with Crippen molar-refractivity contribution in [1.29, 1.82) is 0 Å². The highest BCUT2D eigenvalue weighted by molar-refractivity contribution is 6.23. The Kier molecular flexibility index (Phi) is 7.56. The summed E-state index contributed by atoms with van der Waals surface area (Å²) in [6, 6.07) is 56.3. The van der Waals surface area contributed by atoms with E-state index in [9.17, 15) is 0 Å². The maximum Gasteiger partial charge on any atom is 0.160 e. The van der Waals surface area contributed by atoms with Gasteiger partial charge in [0.15, 0.2) is 5.84 Å². The van der Waals surface area contributed by atoms with E-state index in [0.29, 0.717) is 11.5 Å². The van der Waals surface area contributed by atoms with Crippen LogP contribution in [0.3, 0.4) is 0 Å². The molecule has 8 aromatic rings. The van der Waals surface area contributed by atoms with Crippen LogP contribution in [0.2, 0.25) is 0 Å². The minimum Gasteiger partial charge on any atom is -0.455 e. The highest BCUT2D eigenvalue weighted by atomic mass is 16.3. The van der Waals surface area contributed by atoms with Gasteiger partial charge < -0.3 is 4.42 Å². The van der Waals surface area contributed by atoms with Gasteiger partial charge in [-0.25, -0.2) is 9.98 Å². The largest absolute Gasteiger partial charge is 0.455 e. The number of aliphatic imine (C=N–C) groups is 2. The maximum absolute atomic E-state index is 6.59. The van der Waals surface area contributed by atoms with Crippen LogP contribution in [0.4, 0.5) is 0 Å². The SMILES string of the molecule is C=C(N=C(N=C(C)c1ccc2ccccc2c1)c1ccc(-c2ccccc2)c2oc3ccccc3c12)c1ccc(-c2ccccc2)cc1. The monoisotopic (exact) mass is 616 g/mol. The molecule has 0 aliphatic rings. The average molecular weight is 617 g/mol. The number of nitrogens with zero attached hydrogens (tertiary/aromatic N) is 2. The summed E-state index contributed by atoms with van der Waals surface area (Å²) >= 11 is 0. The Morgan fingerprint density at radius 3 is 1.94 bits per heavy atom. The number of fused-ring (bicyclic) bond motifs is 4. The van der Waals surface area contributed by atoms with Crippen molar-refractivity contribution < 1.29 is 4.42 Å². The van der Waals surface area contributed by atoms with Crippen LogP contribution in [-0.4, -0.2) is 11.5 Å². The molecular weight excluding hydrogens is 585 g/mol. The van der Waals surface area contributed by atoms with Crippen molar-refractivity contribution in [3.63, 3.8) is 0 Å². The summed E-state index contributed by atoms with van der Waals surface area (Å²) in [6.45, 7) is 6.47. The normalized spacial score (nSPS) is 12.2. The second kappa shape index (κ2) is 12.5. The molecule has 1 aromatic heterocycles. The minimum atomic E-state index is 0.578. The van der Waals surface area contributed by atoms with Crippen molar-refractivity contribution in [2.45, 2.75) is 6.92 Å². The van der Waals surface area contributed by atoms with E-state index in [1.807, 2.05) is 37.3 Å². The summed E-state index contributed by atoms with van der Waals surface area (Å²) in [5, 5.41) is 4.36. The molecule has 0 amide bonds. The summed E-state index contributed by atoms with van der Waals surface area (Å²) in [5.74, 6) is 0.578. The number of furan rings is 1. The van der Waals surface area contributed by atoms with Crippen LogP contribution in [0, 0.1) is 0 Å². The van der Waals surface area contributed by atoms with Crippen LogP contribution in [0.15, 0.2) is 185 Å². The van der Waals surface area contributed by atoms with Gasteiger partial charge >= 0.3 is 0 Å². The number of benzene rings is 7. The Labute approximate surface area is 279 Å². The highest BCUT2D eigenvalue weighted by Crippen LogP contribution is 2.39. The fourth-order valence-electron chi connectivity index (χ4n) is 6.32. The number of para-hydroxylation sites is 1. The second-order valence-electron chi connectivity index (χ2n) is 11.9. The third-order valence-corrected chi connectivity index (χ3v) is 8.86. The van der Waals surface area contributed by atoms with Gasteiger partial charge in [0, 0.05) is 27.6 Å². The summed E-state index contributed by atoms with van der Waals surface area (Å²) in [7, 11) is 0. The first-order valence-electron chi connectivity index (χ1n) is 16.1. The van der Waals surface area contributed by atoms with Crippen LogP contribution in [-0.2, 0) is 0 Å². The van der Waals surface area contributed by atoms with E-state index in [0.717, 1.165) is 61.0 Å². The highest BCUT2D eigenvalue weighted by Gasteiger charge is 2.20. The van der Waals surface area contributed by atoms with Crippen molar-refractivity contribution in [3.8, 4) is 22.3 Å². The van der Waals surface area contributed by atoms with E-state index in [4.69, 9.17) is 14.4 Å². The Morgan fingerprint density at radius 1 is 0.542 bits per heavy atom. The summed E-state index contributed by atoms with van der Waals surface area (Å²) in [4.78, 5) is 10.4. The number of hydrogen-bond acceptors (Lipinski definition) is 2. The zero-order chi connectivity index (χ0) is 32.5. The van der Waals surface area contributed by atoms with Gasteiger partial charge in [-0.05, 0) is 69.8 Å². The molecule has 7 aromatic carbocycles. The van der Waals surface area contributed by atoms with E-state index in [-0.39, 0.29) is 0 Å². The quantitative estimate of drug-likeness (QED) is 0.135. The smallest absolute Gasteiger partial charge is 0.160 e. The molecule has 8 rings (SSSR count). The van der Waals surface area contributed by atoms with E-state index in [1.54, 1.807) is 0 Å². The molecule has 0 saturated heterocycles. The first kappa shape index (κ1) is 29.1. The second-order valence-corrected chi connectivity index (χ2v) is 11.9. The topological polar surface area (TPSA) is 37.9 Å². The molecule has 1 heterocycles. The molecule has 0 spiro atoms. The third-order valence-electron chi connectivity index (χ3n) is 8.86. The fourth-order valence-corrected chi connectivity index (χ4v) is 6.32. The molecule has 0 fully saturated rings. The molecule has 0 radical (unpaired) electrons. The van der Waals surface area contributed by atoms with Gasteiger partial charge in [0.25, 0.3) is 0 Å². The van der Waals surface area contributed by atoms with Gasteiger partial charge in [-0.15, -0.1) is 0 Å². The van der Waals surface area contributed by atoms with Crippen molar-refractivity contribution in [3.05, 3.63) is 187 Å². The standard InChI is InChI=1S/C45H32N2O/c1-30(32-21-23-35(24-22-32)33-13-5-3-6-14-33)46-45(47-31(2)37-26-25-34-15-9-10-18-38(34)29-37)41-28-27-39(36-16-7-4-8-17-36)44-43(41)40-19-11-12-20-42(40)48-44/h3-29H,1H2,2H3. The van der Waals surface area contributed by atoms with Crippen molar-refractivity contribution in [2.75, 3.05) is 0 Å². The lowest BCUT2D eigenvalue weighted by atomic mass is 9.97. The number of rotatable bonds is 6. The molecule has 0 unspecified atom stereocenters. The van der Waals surface area contributed by atoms with Gasteiger partial charge in [0.1, 0.15) is 11.2 Å². The molecule has 228 valence electrons. The summed E-state index contributed by atoms with van der Waals surface area (Å²) < 4.78 is 6.59. The first-order chi connectivity index (χ1) is 23.6. The number of hydrogen-bond donors (Lipinski definition) is 0. The van der Waals surface area contributed by atoms with Crippen molar-refractivity contribution >= 4 is 50.0 Å². The lowest BCUT2D eigenvalue weighted by molar-refractivity contribution is 0.670. The zero-order valence-electron chi connectivity index (χ0n) is 26.6. The van der Waals surface area contributed by atoms with Crippen molar-refractivity contribution in [2.24, 2.45) is 9.98 Å². The molecule has 0 atom stereocenters. The van der Waals surface area contributed by atoms with Crippen LogP contribution >= 0.6 is 0 Å². The molecule has 0 saturated carbocycles.